The molecule has 0 saturated carbocycles. The normalized spacial score (nSPS) is 27.9. The summed E-state index contributed by atoms with van der Waals surface area (Å²) in [6.07, 6.45) is 0. The third-order valence-corrected chi connectivity index (χ3v) is 6.18. The smallest absolute Gasteiger partial charge is 0.0248 e. The van der Waals surface area contributed by atoms with Gasteiger partial charge in [0.2, 0.25) is 0 Å². The summed E-state index contributed by atoms with van der Waals surface area (Å²) in [5, 5.41) is 0. The summed E-state index contributed by atoms with van der Waals surface area (Å²) in [5.74, 6) is 0.542. The third-order valence-electron chi connectivity index (χ3n) is 2.06. The number of halogens is 2. The van der Waals surface area contributed by atoms with Crippen molar-refractivity contribution in [2.24, 2.45) is 5.92 Å². The minimum atomic E-state index is 0.130. The quantitative estimate of drug-likeness (QED) is 0.358. The highest BCUT2D eigenvalue weighted by atomic mass is 35.5. The second-order valence-electron chi connectivity index (χ2n) is 3.85. The van der Waals surface area contributed by atoms with Crippen LogP contribution in [-0.2, 0) is 0 Å². The lowest BCUT2D eigenvalue weighted by atomic mass is 10.2. The van der Waals surface area contributed by atoms with Crippen molar-refractivity contribution in [3.8, 4) is 0 Å². The van der Waals surface area contributed by atoms with Gasteiger partial charge in [-0.1, -0.05) is 6.92 Å². The maximum atomic E-state index is 6.25. The van der Waals surface area contributed by atoms with Crippen LogP contribution in [0.5, 0.6) is 0 Å². The van der Waals surface area contributed by atoms with E-state index in [0.717, 1.165) is 41.0 Å². The highest BCUT2D eigenvalue weighted by Gasteiger charge is 2.33. The molecule has 0 rings (SSSR count). The molecule has 0 unspecified atom stereocenters. The van der Waals surface area contributed by atoms with Crippen molar-refractivity contribution in [1.82, 2.24) is 0 Å². The van der Waals surface area contributed by atoms with Crippen molar-refractivity contribution in [2.45, 2.75) is 15.2 Å². The van der Waals surface area contributed by atoms with Crippen molar-refractivity contribution < 1.29 is 0 Å². The Kier molecular flexibility index (Phi) is 3.95. The largest absolute Gasteiger partial charge is 0.128 e. The first-order chi connectivity index (χ1) is 4.15. The van der Waals surface area contributed by atoms with E-state index >= 15 is 0 Å². The lowest BCUT2D eigenvalue weighted by Gasteiger charge is -2.34. The van der Waals surface area contributed by atoms with E-state index in [0.29, 0.717) is 5.92 Å². The van der Waals surface area contributed by atoms with Crippen LogP contribution in [0.1, 0.15) is 6.92 Å². The van der Waals surface area contributed by atoms with E-state index < -0.39 is 0 Å². The van der Waals surface area contributed by atoms with Crippen LogP contribution < -0.4 is 0 Å². The second kappa shape index (κ2) is 3.45. The van der Waals surface area contributed by atoms with Gasteiger partial charge in [-0.15, -0.1) is 23.2 Å². The van der Waals surface area contributed by atoms with Crippen LogP contribution in [0.15, 0.2) is 0 Å². The van der Waals surface area contributed by atoms with Crippen LogP contribution in [0.25, 0.3) is 0 Å². The monoisotopic (exact) mass is 246 g/mol. The topological polar surface area (TPSA) is 0 Å². The number of rotatable bonds is 2. The SMILES string of the molecule is CC(C([SiH3])([SiH3])Cl)C([SiH3])([SiH3])Cl. The Morgan fingerprint density at radius 2 is 1.20 bits per heavy atom. The minimum Gasteiger partial charge on any atom is -0.128 e. The molecular formula is C4H16Cl2Si4. The van der Waals surface area contributed by atoms with Crippen molar-refractivity contribution in [1.29, 1.82) is 0 Å². The maximum Gasteiger partial charge on any atom is 0.0248 e. The molecule has 10 heavy (non-hydrogen) atoms. The van der Waals surface area contributed by atoms with Gasteiger partial charge in [-0.2, -0.15) is 0 Å². The van der Waals surface area contributed by atoms with Crippen LogP contribution in [0.3, 0.4) is 0 Å². The van der Waals surface area contributed by atoms with Crippen molar-refractivity contribution in [3.63, 3.8) is 0 Å². The Morgan fingerprint density at radius 1 is 1.00 bits per heavy atom. The van der Waals surface area contributed by atoms with E-state index in [-0.39, 0.29) is 8.24 Å². The second-order valence-corrected chi connectivity index (χ2v) is 20.6. The first-order valence-corrected chi connectivity index (χ1v) is 8.29. The molecule has 0 amide bonds. The molecule has 0 aromatic rings. The minimum absolute atomic E-state index is 0.130. The highest BCUT2D eigenvalue weighted by molar-refractivity contribution is 6.67. The molecule has 0 spiro atoms. The summed E-state index contributed by atoms with van der Waals surface area (Å²) in [5.41, 5.74) is 0. The molecule has 0 aromatic heterocycles. The van der Waals surface area contributed by atoms with E-state index in [2.05, 4.69) is 6.92 Å². The number of alkyl halides is 2. The van der Waals surface area contributed by atoms with E-state index in [1.54, 1.807) is 0 Å². The summed E-state index contributed by atoms with van der Waals surface area (Å²) >= 11 is 12.5. The molecule has 62 valence electrons. The van der Waals surface area contributed by atoms with E-state index in [9.17, 15) is 0 Å². The van der Waals surface area contributed by atoms with Crippen molar-refractivity contribution in [2.75, 3.05) is 0 Å². The van der Waals surface area contributed by atoms with Crippen LogP contribution >= 0.6 is 23.2 Å². The zero-order chi connectivity index (χ0) is 8.58. The zero-order valence-electron chi connectivity index (χ0n) is 7.33. The van der Waals surface area contributed by atoms with Gasteiger partial charge < -0.3 is 0 Å². The first kappa shape index (κ1) is 11.4. The fourth-order valence-electron chi connectivity index (χ4n) is 0.816. The van der Waals surface area contributed by atoms with Crippen molar-refractivity contribution >= 4 is 64.2 Å². The average molecular weight is 247 g/mol. The zero-order valence-corrected chi connectivity index (χ0v) is 16.8. The van der Waals surface area contributed by atoms with Gasteiger partial charge in [-0.25, -0.2) is 0 Å². The molecule has 0 N–H and O–H groups in total. The fourth-order valence-corrected chi connectivity index (χ4v) is 7.35. The predicted octanol–water partition coefficient (Wildman–Crippen LogP) is -3.13. The van der Waals surface area contributed by atoms with E-state index in [4.69, 9.17) is 23.2 Å². The maximum absolute atomic E-state index is 6.25. The molecule has 0 aliphatic rings. The van der Waals surface area contributed by atoms with E-state index in [1.807, 2.05) is 0 Å². The van der Waals surface area contributed by atoms with Gasteiger partial charge in [0, 0.05) is 49.2 Å². The Labute approximate surface area is 85.1 Å². The molecule has 0 aliphatic carbocycles. The fraction of sp³-hybridized carbons (Fsp3) is 1.00. The summed E-state index contributed by atoms with van der Waals surface area (Å²) in [4.78, 5) is 0. The first-order valence-electron chi connectivity index (χ1n) is 3.53. The molecule has 0 heterocycles. The lowest BCUT2D eigenvalue weighted by Crippen LogP contribution is -2.45. The lowest BCUT2D eigenvalue weighted by molar-refractivity contribution is 0.610. The predicted molar refractivity (Wildman–Crippen MR) is 66.1 cm³/mol. The van der Waals surface area contributed by atoms with Gasteiger partial charge in [-0.05, 0) is 5.92 Å². The molecule has 0 aliphatic heterocycles. The van der Waals surface area contributed by atoms with Gasteiger partial charge in [0.1, 0.15) is 0 Å². The van der Waals surface area contributed by atoms with Gasteiger partial charge in [0.25, 0.3) is 0 Å². The summed E-state index contributed by atoms with van der Waals surface area (Å²) in [6.45, 7) is 2.21. The molecular weight excluding hydrogens is 231 g/mol. The summed E-state index contributed by atoms with van der Waals surface area (Å²) < 4.78 is 0.260. The molecule has 0 nitrogen and oxygen atoms in total. The average Bonchev–Trinajstić information content (AvgIpc) is 1.59. The Balaban J connectivity index is 4.23. The third kappa shape index (κ3) is 3.73. The Morgan fingerprint density at radius 3 is 1.20 bits per heavy atom. The molecule has 0 aromatic carbocycles. The van der Waals surface area contributed by atoms with E-state index in [1.165, 1.54) is 0 Å². The van der Waals surface area contributed by atoms with Crippen LogP contribution in [-0.4, -0.2) is 49.2 Å². The molecule has 0 bridgehead atoms. The molecule has 0 saturated heterocycles. The molecule has 0 atom stereocenters. The van der Waals surface area contributed by atoms with Crippen LogP contribution in [0, 0.1) is 5.92 Å². The van der Waals surface area contributed by atoms with Crippen LogP contribution in [0.4, 0.5) is 0 Å². The van der Waals surface area contributed by atoms with Gasteiger partial charge >= 0.3 is 0 Å². The Bertz CT molecular complexity index is 99.4. The standard InChI is InChI=1S/C4H16Cl2Si4/c1-2(3(5,7)8)4(6,9)10/h2H,1,7-10H3. The summed E-state index contributed by atoms with van der Waals surface area (Å²) in [7, 11) is 4.32. The molecule has 6 heteroatoms. The number of hydrogen-bond donors (Lipinski definition) is 0. The van der Waals surface area contributed by atoms with Crippen molar-refractivity contribution in [3.05, 3.63) is 0 Å². The molecule has 0 fully saturated rings. The van der Waals surface area contributed by atoms with Crippen LogP contribution in [0.2, 0.25) is 0 Å². The summed E-state index contributed by atoms with van der Waals surface area (Å²) in [6, 6.07) is 0. The Hall–Kier alpha value is 1.45. The molecule has 0 radical (unpaired) electrons. The highest BCUT2D eigenvalue weighted by Crippen LogP contribution is 2.28. The number of hydrogen-bond acceptors (Lipinski definition) is 0. The van der Waals surface area contributed by atoms with Gasteiger partial charge in [0.05, 0.1) is 0 Å². The van der Waals surface area contributed by atoms with Gasteiger partial charge in [-0.3, -0.25) is 0 Å². The van der Waals surface area contributed by atoms with Gasteiger partial charge in [0.15, 0.2) is 0 Å².